The van der Waals surface area contributed by atoms with Gasteiger partial charge >= 0.3 is 0 Å². The summed E-state index contributed by atoms with van der Waals surface area (Å²) in [4.78, 5) is 11.0. The first-order valence-corrected chi connectivity index (χ1v) is 6.84. The molecule has 0 saturated carbocycles. The van der Waals surface area contributed by atoms with Gasteiger partial charge in [0.25, 0.3) is 0 Å². The molecule has 0 fully saturated rings. The van der Waals surface area contributed by atoms with Crippen LogP contribution in [0.15, 0.2) is 12.4 Å². The third kappa shape index (κ3) is 2.92. The normalized spacial score (nSPS) is 10.9. The molecule has 2 rings (SSSR count). The molecular formula is C12H18N4S. The second-order valence-electron chi connectivity index (χ2n) is 3.93. The molecule has 0 aromatic carbocycles. The van der Waals surface area contributed by atoms with E-state index in [-0.39, 0.29) is 0 Å². The Morgan fingerprint density at radius 3 is 3.00 bits per heavy atom. The number of nitrogens with two attached hydrogens (primary N) is 1. The molecule has 0 radical (unpaired) electrons. The van der Waals surface area contributed by atoms with Crippen LogP contribution in [0.5, 0.6) is 0 Å². The lowest BCUT2D eigenvalue weighted by Gasteiger charge is -2.05. The summed E-state index contributed by atoms with van der Waals surface area (Å²) >= 11 is 1.74. The molecule has 2 heterocycles. The standard InChI is InChI=1S/C12H18N4S/c1-2-9-7-10-11(14-6-4-3-5-13)15-8-16-12(10)17-9/h7-8H,2-6,13H2,1H3,(H,14,15,16). The Morgan fingerprint density at radius 2 is 2.24 bits per heavy atom. The lowest BCUT2D eigenvalue weighted by molar-refractivity contribution is 0.773. The molecule has 5 heteroatoms. The fourth-order valence-electron chi connectivity index (χ4n) is 1.70. The van der Waals surface area contributed by atoms with Gasteiger partial charge in [-0.15, -0.1) is 11.3 Å². The van der Waals surface area contributed by atoms with Crippen molar-refractivity contribution >= 4 is 27.4 Å². The topological polar surface area (TPSA) is 63.8 Å². The van der Waals surface area contributed by atoms with Crippen molar-refractivity contribution in [3.63, 3.8) is 0 Å². The smallest absolute Gasteiger partial charge is 0.138 e. The van der Waals surface area contributed by atoms with Crippen LogP contribution in [0.1, 0.15) is 24.6 Å². The summed E-state index contributed by atoms with van der Waals surface area (Å²) in [6.07, 6.45) is 4.80. The number of aromatic nitrogens is 2. The van der Waals surface area contributed by atoms with E-state index in [0.29, 0.717) is 0 Å². The minimum atomic E-state index is 0.749. The number of hydrogen-bond acceptors (Lipinski definition) is 5. The molecule has 0 aliphatic rings. The Hall–Kier alpha value is -1.20. The van der Waals surface area contributed by atoms with E-state index in [9.17, 15) is 0 Å². The third-order valence-corrected chi connectivity index (χ3v) is 3.84. The number of hydrogen-bond donors (Lipinski definition) is 2. The zero-order valence-electron chi connectivity index (χ0n) is 10.1. The molecule has 0 amide bonds. The Balaban J connectivity index is 2.13. The first-order chi connectivity index (χ1) is 8.35. The van der Waals surface area contributed by atoms with Crippen molar-refractivity contribution in [3.8, 4) is 0 Å². The molecule has 0 aliphatic carbocycles. The highest BCUT2D eigenvalue weighted by molar-refractivity contribution is 7.18. The van der Waals surface area contributed by atoms with Gasteiger partial charge in [-0.3, -0.25) is 0 Å². The van der Waals surface area contributed by atoms with Gasteiger partial charge in [-0.1, -0.05) is 6.92 Å². The molecule has 4 nitrogen and oxygen atoms in total. The molecule has 0 unspecified atom stereocenters. The highest BCUT2D eigenvalue weighted by atomic mass is 32.1. The van der Waals surface area contributed by atoms with Crippen LogP contribution in [0, 0.1) is 0 Å². The minimum absolute atomic E-state index is 0.749. The number of unbranched alkanes of at least 4 members (excludes halogenated alkanes) is 1. The first-order valence-electron chi connectivity index (χ1n) is 6.02. The number of anilines is 1. The maximum Gasteiger partial charge on any atom is 0.138 e. The molecule has 0 aliphatic heterocycles. The molecule has 3 N–H and O–H groups in total. The van der Waals surface area contributed by atoms with E-state index in [1.54, 1.807) is 17.7 Å². The molecular weight excluding hydrogens is 232 g/mol. The average Bonchev–Trinajstić information content (AvgIpc) is 2.78. The minimum Gasteiger partial charge on any atom is -0.369 e. The quantitative estimate of drug-likeness (QED) is 0.773. The summed E-state index contributed by atoms with van der Waals surface area (Å²) in [7, 11) is 0. The van der Waals surface area contributed by atoms with E-state index in [1.807, 2.05) is 0 Å². The Kier molecular flexibility index (Phi) is 4.28. The van der Waals surface area contributed by atoms with Crippen LogP contribution in [-0.2, 0) is 6.42 Å². The van der Waals surface area contributed by atoms with Gasteiger partial charge in [0, 0.05) is 11.4 Å². The zero-order chi connectivity index (χ0) is 12.1. The van der Waals surface area contributed by atoms with Gasteiger partial charge in [-0.25, -0.2) is 9.97 Å². The van der Waals surface area contributed by atoms with E-state index < -0.39 is 0 Å². The summed E-state index contributed by atoms with van der Waals surface area (Å²) in [6.45, 7) is 3.83. The third-order valence-electron chi connectivity index (χ3n) is 2.65. The first kappa shape index (κ1) is 12.3. The fraction of sp³-hybridized carbons (Fsp3) is 0.500. The van der Waals surface area contributed by atoms with Crippen LogP contribution in [0.3, 0.4) is 0 Å². The predicted molar refractivity (Wildman–Crippen MR) is 73.6 cm³/mol. The maximum atomic E-state index is 5.47. The number of rotatable bonds is 6. The summed E-state index contributed by atoms with van der Waals surface area (Å²) in [5.74, 6) is 0.947. The SMILES string of the molecule is CCc1cc2c(NCCCCN)ncnc2s1. The predicted octanol–water partition coefficient (Wildman–Crippen LogP) is 2.40. The van der Waals surface area contributed by atoms with Crippen molar-refractivity contribution in [1.82, 2.24) is 9.97 Å². The molecule has 17 heavy (non-hydrogen) atoms. The molecule has 0 spiro atoms. The summed E-state index contributed by atoms with van der Waals surface area (Å²) in [5.41, 5.74) is 5.47. The van der Waals surface area contributed by atoms with Gasteiger partial charge in [-0.05, 0) is 31.9 Å². The van der Waals surface area contributed by atoms with Crippen molar-refractivity contribution < 1.29 is 0 Å². The van der Waals surface area contributed by atoms with E-state index in [4.69, 9.17) is 5.73 Å². The fourth-order valence-corrected chi connectivity index (χ4v) is 2.63. The van der Waals surface area contributed by atoms with E-state index >= 15 is 0 Å². The van der Waals surface area contributed by atoms with Crippen LogP contribution in [0.4, 0.5) is 5.82 Å². The van der Waals surface area contributed by atoms with Crippen molar-refractivity contribution in [3.05, 3.63) is 17.3 Å². The Morgan fingerprint density at radius 1 is 1.35 bits per heavy atom. The van der Waals surface area contributed by atoms with Gasteiger partial charge in [0.05, 0.1) is 5.39 Å². The zero-order valence-corrected chi connectivity index (χ0v) is 10.9. The van der Waals surface area contributed by atoms with Gasteiger partial charge in [0.15, 0.2) is 0 Å². The lowest BCUT2D eigenvalue weighted by Crippen LogP contribution is -2.06. The van der Waals surface area contributed by atoms with Crippen LogP contribution in [0.25, 0.3) is 10.2 Å². The van der Waals surface area contributed by atoms with Crippen molar-refractivity contribution in [2.45, 2.75) is 26.2 Å². The number of nitrogens with one attached hydrogen (secondary N) is 1. The summed E-state index contributed by atoms with van der Waals surface area (Å²) in [6, 6.07) is 2.19. The summed E-state index contributed by atoms with van der Waals surface area (Å²) < 4.78 is 0. The van der Waals surface area contributed by atoms with Crippen molar-refractivity contribution in [2.24, 2.45) is 5.73 Å². The molecule has 0 saturated heterocycles. The average molecular weight is 250 g/mol. The maximum absolute atomic E-state index is 5.47. The number of fused-ring (bicyclic) bond motifs is 1. The Bertz CT molecular complexity index is 480. The molecule has 2 aromatic heterocycles. The largest absolute Gasteiger partial charge is 0.369 e. The number of nitrogens with zero attached hydrogens (tertiary/aromatic N) is 2. The highest BCUT2D eigenvalue weighted by Gasteiger charge is 2.06. The lowest BCUT2D eigenvalue weighted by atomic mass is 10.3. The van der Waals surface area contributed by atoms with Crippen LogP contribution in [0.2, 0.25) is 0 Å². The van der Waals surface area contributed by atoms with Crippen LogP contribution in [-0.4, -0.2) is 23.1 Å². The van der Waals surface area contributed by atoms with Crippen molar-refractivity contribution in [1.29, 1.82) is 0 Å². The van der Waals surface area contributed by atoms with E-state index in [0.717, 1.165) is 48.4 Å². The Labute approximate surface area is 105 Å². The number of aryl methyl sites for hydroxylation is 1. The second kappa shape index (κ2) is 5.93. The molecule has 0 atom stereocenters. The number of thiophene rings is 1. The molecule has 2 aromatic rings. The van der Waals surface area contributed by atoms with Gasteiger partial charge < -0.3 is 11.1 Å². The second-order valence-corrected chi connectivity index (χ2v) is 5.05. The van der Waals surface area contributed by atoms with Gasteiger partial charge in [0.2, 0.25) is 0 Å². The monoisotopic (exact) mass is 250 g/mol. The van der Waals surface area contributed by atoms with Crippen LogP contribution < -0.4 is 11.1 Å². The highest BCUT2D eigenvalue weighted by Crippen LogP contribution is 2.28. The van der Waals surface area contributed by atoms with Crippen LogP contribution >= 0.6 is 11.3 Å². The van der Waals surface area contributed by atoms with Gasteiger partial charge in [0.1, 0.15) is 17.0 Å². The van der Waals surface area contributed by atoms with E-state index in [2.05, 4.69) is 28.3 Å². The van der Waals surface area contributed by atoms with E-state index in [1.165, 1.54) is 4.88 Å². The van der Waals surface area contributed by atoms with Gasteiger partial charge in [-0.2, -0.15) is 0 Å². The summed E-state index contributed by atoms with van der Waals surface area (Å²) in [5, 5.41) is 4.50. The van der Waals surface area contributed by atoms with Crippen molar-refractivity contribution in [2.75, 3.05) is 18.4 Å². The molecule has 0 bridgehead atoms. The molecule has 92 valence electrons.